The van der Waals surface area contributed by atoms with Gasteiger partial charge in [-0.15, -0.1) is 11.3 Å². The molecule has 0 unspecified atom stereocenters. The van der Waals surface area contributed by atoms with Gasteiger partial charge in [0.2, 0.25) is 0 Å². The van der Waals surface area contributed by atoms with E-state index in [9.17, 15) is 0 Å². The molecule has 5 heteroatoms. The molecule has 3 aromatic heterocycles. The number of aryl methyl sites for hydroxylation is 1. The Bertz CT molecular complexity index is 1300. The van der Waals surface area contributed by atoms with Crippen molar-refractivity contribution >= 4 is 43.8 Å². The Kier molecular flexibility index (Phi) is 3.45. The van der Waals surface area contributed by atoms with Crippen molar-refractivity contribution in [1.82, 2.24) is 9.97 Å². The van der Waals surface area contributed by atoms with Gasteiger partial charge in [-0.3, -0.25) is 0 Å². The van der Waals surface area contributed by atoms with Gasteiger partial charge in [-0.25, -0.2) is 4.98 Å². The fraction of sp³-hybridized carbons (Fsp3) is 0.0455. The van der Waals surface area contributed by atoms with Gasteiger partial charge in [0, 0.05) is 49.7 Å². The Morgan fingerprint density at radius 3 is 2.52 bits per heavy atom. The first-order valence-electron chi connectivity index (χ1n) is 8.71. The molecule has 0 atom stereocenters. The van der Waals surface area contributed by atoms with Crippen molar-refractivity contribution in [1.29, 1.82) is 0 Å². The number of pyridine rings is 1. The molecule has 0 saturated heterocycles. The molecule has 5 N–H and O–H groups in total. The Hall–Kier alpha value is -3.31. The molecule has 5 aromatic rings. The predicted molar refractivity (Wildman–Crippen MR) is 116 cm³/mol. The van der Waals surface area contributed by atoms with Crippen LogP contribution < -0.4 is 11.5 Å². The number of hydrogen-bond acceptors (Lipinski definition) is 4. The molecule has 0 aliphatic heterocycles. The van der Waals surface area contributed by atoms with E-state index in [0.29, 0.717) is 5.82 Å². The third-order valence-corrected chi connectivity index (χ3v) is 5.93. The molecule has 5 rings (SSSR count). The van der Waals surface area contributed by atoms with Crippen molar-refractivity contribution in [2.75, 3.05) is 11.5 Å². The van der Waals surface area contributed by atoms with Crippen molar-refractivity contribution in [2.24, 2.45) is 0 Å². The summed E-state index contributed by atoms with van der Waals surface area (Å²) in [6.45, 7) is 2.07. The lowest BCUT2D eigenvalue weighted by atomic mass is 10.0. The standard InChI is InChI=1S/C22H18N4S/c1-12-8-15-9-14(4-7-19(15)26-12)17-10-25-22(24)20-18(11-27-21(17)20)13-2-5-16(23)6-3-13/h2-11,26H,23H2,1H3,(H2,24,25). The minimum absolute atomic E-state index is 0.556. The Labute approximate surface area is 160 Å². The third-order valence-electron chi connectivity index (χ3n) is 4.91. The van der Waals surface area contributed by atoms with E-state index in [1.807, 2.05) is 30.5 Å². The number of nitrogens with two attached hydrogens (primary N) is 2. The minimum atomic E-state index is 0.556. The number of thiophene rings is 1. The van der Waals surface area contributed by atoms with Crippen LogP contribution in [0.1, 0.15) is 5.69 Å². The number of fused-ring (bicyclic) bond motifs is 2. The topological polar surface area (TPSA) is 80.7 Å². The summed E-state index contributed by atoms with van der Waals surface area (Å²) in [5, 5.41) is 4.36. The molecule has 0 saturated carbocycles. The Balaban J connectivity index is 1.73. The lowest BCUT2D eigenvalue weighted by molar-refractivity contribution is 1.30. The van der Waals surface area contributed by atoms with Gasteiger partial charge in [-0.2, -0.15) is 0 Å². The van der Waals surface area contributed by atoms with Gasteiger partial charge in [-0.05, 0) is 53.8 Å². The fourth-order valence-electron chi connectivity index (χ4n) is 3.59. The molecule has 0 spiro atoms. The molecule has 0 fully saturated rings. The number of rotatable bonds is 2. The largest absolute Gasteiger partial charge is 0.399 e. The smallest absolute Gasteiger partial charge is 0.132 e. The van der Waals surface area contributed by atoms with Crippen LogP contribution >= 0.6 is 11.3 Å². The number of benzene rings is 2. The van der Waals surface area contributed by atoms with Crippen LogP contribution in [0.4, 0.5) is 11.5 Å². The van der Waals surface area contributed by atoms with Crippen LogP contribution in [-0.2, 0) is 0 Å². The predicted octanol–water partition coefficient (Wildman–Crippen LogP) is 5.58. The normalized spacial score (nSPS) is 11.4. The van der Waals surface area contributed by atoms with Gasteiger partial charge in [0.15, 0.2) is 0 Å². The number of aromatic amines is 1. The highest BCUT2D eigenvalue weighted by atomic mass is 32.1. The Morgan fingerprint density at radius 2 is 1.70 bits per heavy atom. The molecule has 0 aliphatic carbocycles. The molecule has 4 nitrogen and oxygen atoms in total. The number of anilines is 2. The lowest BCUT2D eigenvalue weighted by Gasteiger charge is -2.07. The van der Waals surface area contributed by atoms with E-state index < -0.39 is 0 Å². The van der Waals surface area contributed by atoms with Crippen LogP contribution in [-0.4, -0.2) is 9.97 Å². The van der Waals surface area contributed by atoms with Gasteiger partial charge in [0.05, 0.1) is 0 Å². The summed E-state index contributed by atoms with van der Waals surface area (Å²) >= 11 is 1.70. The van der Waals surface area contributed by atoms with E-state index in [1.54, 1.807) is 11.3 Å². The molecule has 0 amide bonds. The summed E-state index contributed by atoms with van der Waals surface area (Å²) in [6, 6.07) is 16.5. The maximum absolute atomic E-state index is 6.28. The summed E-state index contributed by atoms with van der Waals surface area (Å²) < 4.78 is 1.15. The molecule has 132 valence electrons. The first-order valence-corrected chi connectivity index (χ1v) is 9.59. The number of nitrogens with one attached hydrogen (secondary N) is 1. The zero-order valence-electron chi connectivity index (χ0n) is 14.8. The summed E-state index contributed by atoms with van der Waals surface area (Å²) in [5.41, 5.74) is 19.6. The zero-order valence-corrected chi connectivity index (χ0v) is 15.6. The molecular formula is C22H18N4S. The average Bonchev–Trinajstić information content (AvgIpc) is 3.25. The van der Waals surface area contributed by atoms with Crippen LogP contribution in [0, 0.1) is 6.92 Å². The molecule has 0 bridgehead atoms. The van der Waals surface area contributed by atoms with Gasteiger partial charge >= 0.3 is 0 Å². The van der Waals surface area contributed by atoms with E-state index in [0.717, 1.165) is 49.2 Å². The second-order valence-electron chi connectivity index (χ2n) is 6.79. The first-order chi connectivity index (χ1) is 13.1. The highest BCUT2D eigenvalue weighted by Gasteiger charge is 2.15. The van der Waals surface area contributed by atoms with Gasteiger partial charge in [0.25, 0.3) is 0 Å². The van der Waals surface area contributed by atoms with Crippen molar-refractivity contribution in [2.45, 2.75) is 6.92 Å². The molecule has 2 aromatic carbocycles. The zero-order chi connectivity index (χ0) is 18.5. The second-order valence-corrected chi connectivity index (χ2v) is 7.67. The van der Waals surface area contributed by atoms with Crippen LogP contribution in [0.3, 0.4) is 0 Å². The van der Waals surface area contributed by atoms with Crippen LogP contribution in [0.15, 0.2) is 60.1 Å². The third kappa shape index (κ3) is 2.55. The Morgan fingerprint density at radius 1 is 0.926 bits per heavy atom. The van der Waals surface area contributed by atoms with E-state index in [-0.39, 0.29) is 0 Å². The van der Waals surface area contributed by atoms with Crippen molar-refractivity contribution in [3.63, 3.8) is 0 Å². The van der Waals surface area contributed by atoms with Gasteiger partial charge < -0.3 is 16.5 Å². The summed E-state index contributed by atoms with van der Waals surface area (Å²) in [4.78, 5) is 7.87. The van der Waals surface area contributed by atoms with E-state index >= 15 is 0 Å². The first kappa shape index (κ1) is 15.9. The fourth-order valence-corrected chi connectivity index (χ4v) is 4.71. The minimum Gasteiger partial charge on any atom is -0.399 e. The molecule has 3 heterocycles. The maximum atomic E-state index is 6.28. The summed E-state index contributed by atoms with van der Waals surface area (Å²) in [6.07, 6.45) is 1.88. The number of aromatic nitrogens is 2. The lowest BCUT2D eigenvalue weighted by Crippen LogP contribution is -1.93. The van der Waals surface area contributed by atoms with Crippen molar-refractivity contribution < 1.29 is 0 Å². The number of H-pyrrole nitrogens is 1. The van der Waals surface area contributed by atoms with E-state index in [1.165, 1.54) is 5.39 Å². The van der Waals surface area contributed by atoms with Gasteiger partial charge in [0.1, 0.15) is 5.82 Å². The van der Waals surface area contributed by atoms with Crippen molar-refractivity contribution in [3.8, 4) is 22.3 Å². The molecular weight excluding hydrogens is 352 g/mol. The number of hydrogen-bond donors (Lipinski definition) is 3. The highest BCUT2D eigenvalue weighted by Crippen LogP contribution is 2.42. The number of nitrogens with zero attached hydrogens (tertiary/aromatic N) is 1. The number of nitrogen functional groups attached to an aromatic ring is 2. The molecule has 0 radical (unpaired) electrons. The summed E-state index contributed by atoms with van der Waals surface area (Å²) in [5.74, 6) is 0.556. The average molecular weight is 370 g/mol. The highest BCUT2D eigenvalue weighted by molar-refractivity contribution is 7.18. The van der Waals surface area contributed by atoms with Crippen LogP contribution in [0.25, 0.3) is 43.2 Å². The van der Waals surface area contributed by atoms with E-state index in [2.05, 4.69) is 46.5 Å². The maximum Gasteiger partial charge on any atom is 0.132 e. The second kappa shape index (κ2) is 5.86. The molecule has 27 heavy (non-hydrogen) atoms. The van der Waals surface area contributed by atoms with E-state index in [4.69, 9.17) is 11.5 Å². The van der Waals surface area contributed by atoms with Crippen molar-refractivity contribution in [3.05, 3.63) is 65.8 Å². The quantitative estimate of drug-likeness (QED) is 0.355. The van der Waals surface area contributed by atoms with Crippen LogP contribution in [0.2, 0.25) is 0 Å². The van der Waals surface area contributed by atoms with Crippen LogP contribution in [0.5, 0.6) is 0 Å². The monoisotopic (exact) mass is 370 g/mol. The molecule has 0 aliphatic rings. The van der Waals surface area contributed by atoms with Gasteiger partial charge in [-0.1, -0.05) is 18.2 Å². The summed E-state index contributed by atoms with van der Waals surface area (Å²) in [7, 11) is 0. The SMILES string of the molecule is Cc1cc2cc(-c3cnc(N)c4c(-c5ccc(N)cc5)csc34)ccc2[nH]1.